The normalized spacial score (nSPS) is 20.0. The fraction of sp³-hybridized carbons (Fsp3) is 0.500. The molecule has 1 unspecified atom stereocenters. The lowest BCUT2D eigenvalue weighted by atomic mass is 10.1. The maximum Gasteiger partial charge on any atom is 0.254 e. The summed E-state index contributed by atoms with van der Waals surface area (Å²) in [6, 6.07) is 2.90. The Labute approximate surface area is 146 Å². The van der Waals surface area contributed by atoms with Crippen LogP contribution in [0.3, 0.4) is 0 Å². The molecule has 25 heavy (non-hydrogen) atoms. The van der Waals surface area contributed by atoms with Gasteiger partial charge in [0, 0.05) is 37.5 Å². The van der Waals surface area contributed by atoms with Crippen molar-refractivity contribution in [2.75, 3.05) is 26.2 Å². The molecule has 0 aromatic carbocycles. The number of likely N-dealkylation sites (N-methyl/N-ethyl adjacent to an activating group) is 1. The minimum absolute atomic E-state index is 0.00217. The first-order chi connectivity index (χ1) is 12.1. The predicted molar refractivity (Wildman–Crippen MR) is 92.0 cm³/mol. The molecule has 7 heteroatoms. The Bertz CT molecular complexity index is 740. The summed E-state index contributed by atoms with van der Waals surface area (Å²) in [6.07, 6.45) is 5.37. The molecule has 0 spiro atoms. The number of pyridine rings is 1. The van der Waals surface area contributed by atoms with Crippen molar-refractivity contribution in [3.63, 3.8) is 0 Å². The molecule has 3 rings (SSSR count). The topological polar surface area (TPSA) is 82.7 Å². The Morgan fingerprint density at radius 1 is 1.44 bits per heavy atom. The monoisotopic (exact) mass is 345 g/mol. The number of H-pyrrole nitrogens is 1. The van der Waals surface area contributed by atoms with Crippen LogP contribution < -0.4 is 5.56 Å². The highest BCUT2D eigenvalue weighted by molar-refractivity contribution is 5.95. The summed E-state index contributed by atoms with van der Waals surface area (Å²) in [6.45, 7) is 4.26. The number of hydrogen-bond acceptors (Lipinski definition) is 4. The van der Waals surface area contributed by atoms with Gasteiger partial charge in [-0.3, -0.25) is 14.4 Å². The van der Waals surface area contributed by atoms with Crippen molar-refractivity contribution in [1.29, 1.82) is 0 Å². The lowest BCUT2D eigenvalue weighted by Gasteiger charge is -2.29. The van der Waals surface area contributed by atoms with E-state index in [1.165, 1.54) is 12.3 Å². The molecule has 134 valence electrons. The first-order valence-corrected chi connectivity index (χ1v) is 8.69. The van der Waals surface area contributed by atoms with Gasteiger partial charge in [-0.2, -0.15) is 0 Å². The van der Waals surface area contributed by atoms with E-state index in [0.29, 0.717) is 37.4 Å². The third kappa shape index (κ3) is 3.75. The highest BCUT2D eigenvalue weighted by Crippen LogP contribution is 2.22. The first kappa shape index (κ1) is 17.3. The number of amides is 2. The molecule has 2 aliphatic heterocycles. The second-order valence-electron chi connectivity index (χ2n) is 6.34. The zero-order valence-electron chi connectivity index (χ0n) is 14.4. The highest BCUT2D eigenvalue weighted by Gasteiger charge is 2.33. The van der Waals surface area contributed by atoms with E-state index in [1.807, 2.05) is 11.8 Å². The number of likely N-dealkylation sites (tertiary alicyclic amines) is 1. The molecule has 3 heterocycles. The van der Waals surface area contributed by atoms with Crippen molar-refractivity contribution in [1.82, 2.24) is 14.8 Å². The third-order valence-corrected chi connectivity index (χ3v) is 4.72. The number of aromatic nitrogens is 1. The molecule has 7 nitrogen and oxygen atoms in total. The average molecular weight is 345 g/mol. The van der Waals surface area contributed by atoms with Crippen LogP contribution in [0.25, 0.3) is 0 Å². The van der Waals surface area contributed by atoms with E-state index in [-0.39, 0.29) is 23.4 Å². The van der Waals surface area contributed by atoms with Gasteiger partial charge in [-0.1, -0.05) is 0 Å². The molecule has 1 atom stereocenters. The molecule has 1 aromatic heterocycles. The number of nitrogens with zero attached hydrogens (tertiary/aromatic N) is 2. The van der Waals surface area contributed by atoms with Crippen LogP contribution in [0.15, 0.2) is 35.0 Å². The molecule has 1 N–H and O–H groups in total. The zero-order valence-corrected chi connectivity index (χ0v) is 14.4. The average Bonchev–Trinajstić information content (AvgIpc) is 3.12. The van der Waals surface area contributed by atoms with E-state index in [1.54, 1.807) is 17.2 Å². The SMILES string of the molecule is CCN(C(=O)C1=COCCC1)C1CCN(C(=O)c2cc[nH]c(=O)c2)C1. The summed E-state index contributed by atoms with van der Waals surface area (Å²) in [5.74, 6) is -0.171. The summed E-state index contributed by atoms with van der Waals surface area (Å²) in [7, 11) is 0. The molecule has 2 aliphatic rings. The van der Waals surface area contributed by atoms with Crippen LogP contribution in [0, 0.1) is 0 Å². The van der Waals surface area contributed by atoms with Gasteiger partial charge in [-0.25, -0.2) is 0 Å². The van der Waals surface area contributed by atoms with Crippen LogP contribution >= 0.6 is 0 Å². The van der Waals surface area contributed by atoms with Crippen LogP contribution in [0.5, 0.6) is 0 Å². The van der Waals surface area contributed by atoms with Crippen molar-refractivity contribution < 1.29 is 14.3 Å². The Morgan fingerprint density at radius 2 is 2.28 bits per heavy atom. The minimum atomic E-state index is -0.295. The van der Waals surface area contributed by atoms with Gasteiger partial charge in [0.15, 0.2) is 0 Å². The van der Waals surface area contributed by atoms with Crippen molar-refractivity contribution in [3.05, 3.63) is 46.1 Å². The molecule has 1 saturated heterocycles. The van der Waals surface area contributed by atoms with Gasteiger partial charge in [0.25, 0.3) is 11.8 Å². The maximum atomic E-state index is 12.7. The van der Waals surface area contributed by atoms with Crippen LogP contribution in [0.1, 0.15) is 36.5 Å². The van der Waals surface area contributed by atoms with Gasteiger partial charge in [-0.05, 0) is 32.3 Å². The number of ether oxygens (including phenoxy) is 1. The van der Waals surface area contributed by atoms with Crippen molar-refractivity contribution in [2.24, 2.45) is 0 Å². The second kappa shape index (κ2) is 7.55. The number of carbonyl (C=O) groups is 2. The summed E-state index contributed by atoms with van der Waals surface area (Å²) in [4.78, 5) is 42.7. The lowest BCUT2D eigenvalue weighted by Crippen LogP contribution is -2.43. The number of rotatable bonds is 4. The molecule has 0 radical (unpaired) electrons. The van der Waals surface area contributed by atoms with Gasteiger partial charge < -0.3 is 19.5 Å². The van der Waals surface area contributed by atoms with E-state index >= 15 is 0 Å². The van der Waals surface area contributed by atoms with Gasteiger partial charge in [0.1, 0.15) is 0 Å². The molecular formula is C18H23N3O4. The third-order valence-electron chi connectivity index (χ3n) is 4.72. The predicted octanol–water partition coefficient (Wildman–Crippen LogP) is 1.13. The zero-order chi connectivity index (χ0) is 17.8. The Kier molecular flexibility index (Phi) is 5.21. The maximum absolute atomic E-state index is 12.7. The second-order valence-corrected chi connectivity index (χ2v) is 6.34. The summed E-state index contributed by atoms with van der Waals surface area (Å²) < 4.78 is 5.28. The van der Waals surface area contributed by atoms with E-state index in [9.17, 15) is 14.4 Å². The van der Waals surface area contributed by atoms with Crippen LogP contribution in [0.2, 0.25) is 0 Å². The van der Waals surface area contributed by atoms with Gasteiger partial charge in [-0.15, -0.1) is 0 Å². The number of aromatic amines is 1. The van der Waals surface area contributed by atoms with Crippen molar-refractivity contribution in [3.8, 4) is 0 Å². The first-order valence-electron chi connectivity index (χ1n) is 8.69. The molecular weight excluding hydrogens is 322 g/mol. The molecule has 2 amide bonds. The molecule has 0 bridgehead atoms. The fourth-order valence-corrected chi connectivity index (χ4v) is 3.41. The number of nitrogens with one attached hydrogen (secondary N) is 1. The van der Waals surface area contributed by atoms with E-state index in [0.717, 1.165) is 19.3 Å². The van der Waals surface area contributed by atoms with Crippen molar-refractivity contribution >= 4 is 11.8 Å². The summed E-state index contributed by atoms with van der Waals surface area (Å²) in [5.41, 5.74) is 0.783. The summed E-state index contributed by atoms with van der Waals surface area (Å²) >= 11 is 0. The molecule has 0 aliphatic carbocycles. The highest BCUT2D eigenvalue weighted by atomic mass is 16.5. The molecule has 0 saturated carbocycles. The van der Waals surface area contributed by atoms with Gasteiger partial charge in [0.05, 0.1) is 24.5 Å². The molecule has 1 fully saturated rings. The largest absolute Gasteiger partial charge is 0.501 e. The van der Waals surface area contributed by atoms with Crippen LogP contribution in [-0.2, 0) is 9.53 Å². The van der Waals surface area contributed by atoms with E-state index in [2.05, 4.69) is 4.98 Å². The Balaban J connectivity index is 1.68. The van der Waals surface area contributed by atoms with E-state index < -0.39 is 0 Å². The quantitative estimate of drug-likeness (QED) is 0.887. The number of hydrogen-bond donors (Lipinski definition) is 1. The smallest absolute Gasteiger partial charge is 0.254 e. The molecule has 1 aromatic rings. The van der Waals surface area contributed by atoms with Gasteiger partial charge in [0.2, 0.25) is 5.56 Å². The number of carbonyl (C=O) groups excluding carboxylic acids is 2. The standard InChI is InChI=1S/C18H23N3O4/c1-2-21(18(24)14-4-3-9-25-12-14)15-6-8-20(11-15)17(23)13-5-7-19-16(22)10-13/h5,7,10,12,15H,2-4,6,8-9,11H2,1H3,(H,19,22). The van der Waals surface area contributed by atoms with Gasteiger partial charge >= 0.3 is 0 Å². The van der Waals surface area contributed by atoms with Crippen LogP contribution in [0.4, 0.5) is 0 Å². The van der Waals surface area contributed by atoms with Crippen molar-refractivity contribution in [2.45, 2.75) is 32.2 Å². The van der Waals surface area contributed by atoms with Crippen LogP contribution in [-0.4, -0.2) is 58.9 Å². The summed E-state index contributed by atoms with van der Waals surface area (Å²) in [5, 5.41) is 0. The fourth-order valence-electron chi connectivity index (χ4n) is 3.41. The van der Waals surface area contributed by atoms with E-state index in [4.69, 9.17) is 4.74 Å². The Morgan fingerprint density at radius 3 is 2.96 bits per heavy atom. The minimum Gasteiger partial charge on any atom is -0.501 e. The Hall–Kier alpha value is -2.57. The lowest BCUT2D eigenvalue weighted by molar-refractivity contribution is -0.129.